The molecule has 0 saturated heterocycles. The first-order chi connectivity index (χ1) is 9.64. The van der Waals surface area contributed by atoms with Gasteiger partial charge in [-0.1, -0.05) is 34.6 Å². The number of nitrogens with zero attached hydrogens (tertiary/aromatic N) is 4. The molecule has 0 aliphatic rings. The van der Waals surface area contributed by atoms with Crippen LogP contribution in [0.5, 0.6) is 0 Å². The second-order valence-corrected chi connectivity index (χ2v) is 7.58. The molecule has 0 aromatic carbocycles. The van der Waals surface area contributed by atoms with E-state index in [2.05, 4.69) is 62.7 Å². The van der Waals surface area contributed by atoms with Crippen molar-refractivity contribution in [1.29, 1.82) is 0 Å². The monoisotopic (exact) mass is 289 g/mol. The number of aromatic nitrogens is 3. The van der Waals surface area contributed by atoms with Gasteiger partial charge in [0.15, 0.2) is 5.82 Å². The summed E-state index contributed by atoms with van der Waals surface area (Å²) >= 11 is 0. The summed E-state index contributed by atoms with van der Waals surface area (Å²) in [6, 6.07) is 2.13. The largest absolute Gasteiger partial charge is 0.357 e. The molecule has 2 N–H and O–H groups in total. The Kier molecular flexibility index (Phi) is 3.97. The van der Waals surface area contributed by atoms with E-state index in [1.807, 2.05) is 10.7 Å². The lowest BCUT2D eigenvalue weighted by Gasteiger charge is -2.29. The van der Waals surface area contributed by atoms with Crippen molar-refractivity contribution in [3.05, 3.63) is 24.2 Å². The van der Waals surface area contributed by atoms with E-state index >= 15 is 0 Å². The zero-order chi connectivity index (χ0) is 15.8. The first kappa shape index (κ1) is 15.8. The van der Waals surface area contributed by atoms with Crippen molar-refractivity contribution in [1.82, 2.24) is 14.6 Å². The fourth-order valence-electron chi connectivity index (χ4n) is 2.35. The molecule has 0 aliphatic heterocycles. The van der Waals surface area contributed by atoms with Gasteiger partial charge < -0.3 is 10.6 Å². The molecule has 0 spiro atoms. The summed E-state index contributed by atoms with van der Waals surface area (Å²) in [5, 5.41) is 4.67. The smallest absolute Gasteiger partial charge is 0.154 e. The van der Waals surface area contributed by atoms with Crippen LogP contribution in [0.4, 0.5) is 5.82 Å². The molecule has 5 heteroatoms. The zero-order valence-electron chi connectivity index (χ0n) is 14.0. The Morgan fingerprint density at radius 3 is 2.48 bits per heavy atom. The highest BCUT2D eigenvalue weighted by Crippen LogP contribution is 2.27. The average Bonchev–Trinajstić information content (AvgIpc) is 2.81. The molecule has 0 radical (unpaired) electrons. The van der Waals surface area contributed by atoms with E-state index in [1.54, 1.807) is 6.20 Å². The molecule has 0 bridgehead atoms. The van der Waals surface area contributed by atoms with Crippen molar-refractivity contribution < 1.29 is 0 Å². The summed E-state index contributed by atoms with van der Waals surface area (Å²) in [6.45, 7) is 12.3. The molecule has 0 aliphatic carbocycles. The van der Waals surface area contributed by atoms with Crippen molar-refractivity contribution in [2.75, 3.05) is 25.0 Å². The van der Waals surface area contributed by atoms with Crippen molar-refractivity contribution in [3.63, 3.8) is 0 Å². The minimum atomic E-state index is 0.0262. The fraction of sp³-hybridized carbons (Fsp3) is 0.625. The summed E-state index contributed by atoms with van der Waals surface area (Å²) in [7, 11) is 2.06. The number of fused-ring (bicyclic) bond motifs is 1. The molecule has 0 atom stereocenters. The van der Waals surface area contributed by atoms with Crippen LogP contribution in [0.15, 0.2) is 18.5 Å². The maximum Gasteiger partial charge on any atom is 0.154 e. The van der Waals surface area contributed by atoms with Crippen LogP contribution in [0.2, 0.25) is 0 Å². The van der Waals surface area contributed by atoms with Crippen molar-refractivity contribution in [2.45, 2.75) is 40.0 Å². The summed E-state index contributed by atoms with van der Waals surface area (Å²) < 4.78 is 1.91. The quantitative estimate of drug-likeness (QED) is 0.939. The first-order valence-electron chi connectivity index (χ1n) is 7.40. The third-order valence-corrected chi connectivity index (χ3v) is 3.72. The third-order valence-electron chi connectivity index (χ3n) is 3.72. The van der Waals surface area contributed by atoms with E-state index in [0.717, 1.165) is 23.6 Å². The molecule has 2 heterocycles. The zero-order valence-corrected chi connectivity index (χ0v) is 14.0. The maximum atomic E-state index is 5.84. The lowest BCUT2D eigenvalue weighted by Crippen LogP contribution is -2.37. The molecule has 0 unspecified atom stereocenters. The fourth-order valence-corrected chi connectivity index (χ4v) is 2.35. The summed E-state index contributed by atoms with van der Waals surface area (Å²) in [6.07, 6.45) is 3.70. The molecule has 2 aromatic rings. The van der Waals surface area contributed by atoms with Gasteiger partial charge in [-0.05, 0) is 18.0 Å². The molecule has 0 fully saturated rings. The van der Waals surface area contributed by atoms with E-state index in [1.165, 1.54) is 0 Å². The van der Waals surface area contributed by atoms with Gasteiger partial charge in [-0.25, -0.2) is 9.50 Å². The van der Waals surface area contributed by atoms with Gasteiger partial charge in [0.2, 0.25) is 0 Å². The van der Waals surface area contributed by atoms with Crippen LogP contribution in [0.1, 0.15) is 40.3 Å². The SMILES string of the molecule is CN(CC(C)(C)CN)c1nccn2nc(C(C)(C)C)cc12. The minimum Gasteiger partial charge on any atom is -0.357 e. The van der Waals surface area contributed by atoms with Crippen molar-refractivity contribution in [2.24, 2.45) is 11.1 Å². The highest BCUT2D eigenvalue weighted by Gasteiger charge is 2.23. The first-order valence-corrected chi connectivity index (χ1v) is 7.40. The second kappa shape index (κ2) is 5.30. The predicted molar refractivity (Wildman–Crippen MR) is 87.8 cm³/mol. The van der Waals surface area contributed by atoms with E-state index in [9.17, 15) is 0 Å². The Balaban J connectivity index is 2.42. The highest BCUT2D eigenvalue weighted by atomic mass is 15.3. The Morgan fingerprint density at radius 1 is 1.24 bits per heavy atom. The van der Waals surface area contributed by atoms with Crippen LogP contribution in [-0.4, -0.2) is 34.7 Å². The Labute approximate surface area is 127 Å². The van der Waals surface area contributed by atoms with Crippen LogP contribution < -0.4 is 10.6 Å². The molecule has 5 nitrogen and oxygen atoms in total. The standard InChI is InChI=1S/C16H27N5/c1-15(2,3)13-9-12-14(18-7-8-21(12)19-13)20(6)11-16(4,5)10-17/h7-9H,10-11,17H2,1-6H3. The topological polar surface area (TPSA) is 59.5 Å². The number of hydrogen-bond donors (Lipinski definition) is 1. The molecule has 21 heavy (non-hydrogen) atoms. The van der Waals surface area contributed by atoms with Crippen LogP contribution in [-0.2, 0) is 5.41 Å². The summed E-state index contributed by atoms with van der Waals surface area (Å²) in [4.78, 5) is 6.71. The lowest BCUT2D eigenvalue weighted by atomic mass is 9.92. The predicted octanol–water partition coefficient (Wildman–Crippen LogP) is 2.45. The van der Waals surface area contributed by atoms with Gasteiger partial charge >= 0.3 is 0 Å². The van der Waals surface area contributed by atoms with Crippen LogP contribution in [0.25, 0.3) is 5.52 Å². The molecule has 0 amide bonds. The maximum absolute atomic E-state index is 5.84. The highest BCUT2D eigenvalue weighted by molar-refractivity contribution is 5.69. The van der Waals surface area contributed by atoms with E-state index < -0.39 is 0 Å². The number of hydrogen-bond acceptors (Lipinski definition) is 4. The molecule has 116 valence electrons. The van der Waals surface area contributed by atoms with Crippen LogP contribution >= 0.6 is 0 Å². The van der Waals surface area contributed by atoms with Gasteiger partial charge in [0, 0.05) is 31.4 Å². The second-order valence-electron chi connectivity index (χ2n) is 7.58. The van der Waals surface area contributed by atoms with Crippen molar-refractivity contribution >= 4 is 11.3 Å². The van der Waals surface area contributed by atoms with Crippen LogP contribution in [0, 0.1) is 5.41 Å². The van der Waals surface area contributed by atoms with E-state index in [-0.39, 0.29) is 10.8 Å². The number of nitrogens with two attached hydrogens (primary N) is 1. The molecule has 2 rings (SSSR count). The number of rotatable bonds is 4. The summed E-state index contributed by atoms with van der Waals surface area (Å²) in [5.41, 5.74) is 8.03. The van der Waals surface area contributed by atoms with Gasteiger partial charge in [0.05, 0.1) is 5.69 Å². The van der Waals surface area contributed by atoms with Gasteiger partial charge in [0.25, 0.3) is 0 Å². The molecular weight excluding hydrogens is 262 g/mol. The lowest BCUT2D eigenvalue weighted by molar-refractivity contribution is 0.384. The Morgan fingerprint density at radius 2 is 1.90 bits per heavy atom. The number of anilines is 1. The van der Waals surface area contributed by atoms with E-state index in [4.69, 9.17) is 5.73 Å². The van der Waals surface area contributed by atoms with Gasteiger partial charge in [-0.2, -0.15) is 5.10 Å². The molecule has 2 aromatic heterocycles. The minimum absolute atomic E-state index is 0.0262. The third kappa shape index (κ3) is 3.35. The van der Waals surface area contributed by atoms with Gasteiger partial charge in [-0.3, -0.25) is 0 Å². The van der Waals surface area contributed by atoms with E-state index in [0.29, 0.717) is 6.54 Å². The molecule has 0 saturated carbocycles. The van der Waals surface area contributed by atoms with Gasteiger partial charge in [0.1, 0.15) is 5.52 Å². The summed E-state index contributed by atoms with van der Waals surface area (Å²) in [5.74, 6) is 0.946. The average molecular weight is 289 g/mol. The Hall–Kier alpha value is -1.62. The van der Waals surface area contributed by atoms with Crippen LogP contribution in [0.3, 0.4) is 0 Å². The molecular formula is C16H27N5. The Bertz CT molecular complexity index is 621. The van der Waals surface area contributed by atoms with Crippen molar-refractivity contribution in [3.8, 4) is 0 Å². The normalized spacial score (nSPS) is 12.9. The van der Waals surface area contributed by atoms with Gasteiger partial charge in [-0.15, -0.1) is 0 Å².